The lowest BCUT2D eigenvalue weighted by molar-refractivity contribution is 0.0926. The summed E-state index contributed by atoms with van der Waals surface area (Å²) in [6.45, 7) is 7.55. The van der Waals surface area contributed by atoms with E-state index in [-0.39, 0.29) is 5.56 Å². The van der Waals surface area contributed by atoms with Crippen molar-refractivity contribution in [2.75, 3.05) is 4.90 Å². The molecule has 0 fully saturated rings. The van der Waals surface area contributed by atoms with E-state index in [1.165, 1.54) is 4.90 Å². The number of rotatable bonds is 4. The molecule has 1 aromatic heterocycles. The van der Waals surface area contributed by atoms with Crippen LogP contribution in [0.15, 0.2) is 121 Å². The van der Waals surface area contributed by atoms with Crippen LogP contribution in [0.25, 0.3) is 54.6 Å². The highest BCUT2D eigenvalue weighted by Crippen LogP contribution is 2.41. The highest BCUT2D eigenvalue weighted by atomic mass is 16.2. The van der Waals surface area contributed by atoms with E-state index in [1.54, 1.807) is 72.8 Å². The van der Waals surface area contributed by atoms with Crippen molar-refractivity contribution in [3.8, 4) is 46.1 Å². The predicted octanol–water partition coefficient (Wildman–Crippen LogP) is 9.08. The molecule has 7 aromatic rings. The number of nitriles is 3. The lowest BCUT2D eigenvalue weighted by Crippen LogP contribution is -2.29. The van der Waals surface area contributed by atoms with E-state index in [4.69, 9.17) is 6.57 Å². The van der Waals surface area contributed by atoms with Gasteiger partial charge in [0.1, 0.15) is 0 Å². The molecular weight excluding hydrogens is 621 g/mol. The summed E-state index contributed by atoms with van der Waals surface area (Å²) in [5.41, 5.74) is 7.54. The van der Waals surface area contributed by atoms with Gasteiger partial charge >= 0.3 is 0 Å². The largest absolute Gasteiger partial charge is 0.308 e. The maximum absolute atomic E-state index is 14.1. The first kappa shape index (κ1) is 29.6. The van der Waals surface area contributed by atoms with E-state index in [0.29, 0.717) is 50.4 Å². The molecule has 0 aliphatic carbocycles. The molecule has 0 saturated carbocycles. The van der Waals surface area contributed by atoms with Crippen LogP contribution < -0.4 is 4.90 Å². The zero-order valence-corrected chi connectivity index (χ0v) is 26.0. The maximum atomic E-state index is 14.1. The summed E-state index contributed by atoms with van der Waals surface area (Å²) < 4.78 is 1.97. The Kier molecular flexibility index (Phi) is 6.80. The average Bonchev–Trinajstić information content (AvgIpc) is 3.63. The normalized spacial score (nSPS) is 12.0. The second-order valence-electron chi connectivity index (χ2n) is 11.8. The summed E-state index contributed by atoms with van der Waals surface area (Å²) in [5.74, 6) is -0.825. The van der Waals surface area contributed by atoms with Crippen LogP contribution in [0.2, 0.25) is 0 Å². The van der Waals surface area contributed by atoms with Crippen LogP contribution in [-0.4, -0.2) is 16.4 Å². The number of carbonyl (C=O) groups is 2. The van der Waals surface area contributed by atoms with Crippen molar-refractivity contribution in [2.24, 2.45) is 0 Å². The van der Waals surface area contributed by atoms with Gasteiger partial charge in [0.25, 0.3) is 11.8 Å². The van der Waals surface area contributed by atoms with E-state index >= 15 is 0 Å². The summed E-state index contributed by atoms with van der Waals surface area (Å²) in [7, 11) is 0. The first-order valence-electron chi connectivity index (χ1n) is 15.5. The van der Waals surface area contributed by atoms with Gasteiger partial charge < -0.3 is 4.57 Å². The fourth-order valence-electron chi connectivity index (χ4n) is 6.74. The van der Waals surface area contributed by atoms with E-state index in [9.17, 15) is 25.4 Å². The number of benzene rings is 6. The van der Waals surface area contributed by atoms with Gasteiger partial charge in [0.15, 0.2) is 5.69 Å². The Morgan fingerprint density at radius 3 is 1.72 bits per heavy atom. The van der Waals surface area contributed by atoms with Gasteiger partial charge in [0, 0.05) is 16.3 Å². The Bertz CT molecular complexity index is 2610. The highest BCUT2D eigenvalue weighted by molar-refractivity contribution is 6.35. The van der Waals surface area contributed by atoms with Crippen LogP contribution in [0.1, 0.15) is 37.4 Å². The topological polar surface area (TPSA) is 118 Å². The van der Waals surface area contributed by atoms with Gasteiger partial charge in [0.05, 0.1) is 69.4 Å². The quantitative estimate of drug-likeness (QED) is 0.140. The highest BCUT2D eigenvalue weighted by Gasteiger charge is 2.39. The number of hydrogen-bond donors (Lipinski definition) is 0. The van der Waals surface area contributed by atoms with Gasteiger partial charge in [-0.2, -0.15) is 15.8 Å². The van der Waals surface area contributed by atoms with Crippen molar-refractivity contribution in [3.63, 3.8) is 0 Å². The van der Waals surface area contributed by atoms with Crippen molar-refractivity contribution in [1.29, 1.82) is 15.8 Å². The first-order valence-corrected chi connectivity index (χ1v) is 15.5. The molecule has 0 saturated heterocycles. The predicted molar refractivity (Wildman–Crippen MR) is 190 cm³/mol. The minimum Gasteiger partial charge on any atom is -0.308 e. The molecule has 8 nitrogen and oxygen atoms in total. The van der Waals surface area contributed by atoms with Crippen LogP contribution in [-0.2, 0) is 0 Å². The van der Waals surface area contributed by atoms with Crippen molar-refractivity contribution in [3.05, 3.63) is 161 Å². The molecule has 230 valence electrons. The summed E-state index contributed by atoms with van der Waals surface area (Å²) in [6, 6.07) is 42.2. The van der Waals surface area contributed by atoms with E-state index < -0.39 is 11.8 Å². The van der Waals surface area contributed by atoms with Crippen molar-refractivity contribution < 1.29 is 9.59 Å². The van der Waals surface area contributed by atoms with Crippen molar-refractivity contribution >= 4 is 45.0 Å². The minimum atomic E-state index is -0.424. The number of hydrogen-bond acceptors (Lipinski definition) is 5. The molecule has 8 rings (SSSR count). The van der Waals surface area contributed by atoms with E-state index in [0.717, 1.165) is 32.9 Å². The first-order chi connectivity index (χ1) is 24.4. The third-order valence-corrected chi connectivity index (χ3v) is 8.95. The molecule has 2 heterocycles. The monoisotopic (exact) mass is 640 g/mol. The molecule has 8 heteroatoms. The molecule has 50 heavy (non-hydrogen) atoms. The minimum absolute atomic E-state index is 0.289. The summed E-state index contributed by atoms with van der Waals surface area (Å²) in [6.07, 6.45) is 0. The smallest absolute Gasteiger partial charge is 0.268 e. The van der Waals surface area contributed by atoms with Crippen LogP contribution in [0.3, 0.4) is 0 Å². The number of amides is 2. The van der Waals surface area contributed by atoms with Crippen molar-refractivity contribution in [2.45, 2.75) is 0 Å². The molecular formula is C42H20N6O2. The molecule has 0 radical (unpaired) electrons. The van der Waals surface area contributed by atoms with Crippen LogP contribution in [0, 0.1) is 40.6 Å². The Balaban J connectivity index is 1.41. The Hall–Kier alpha value is -7.78. The number of aromatic nitrogens is 1. The molecule has 6 aromatic carbocycles. The second-order valence-corrected chi connectivity index (χ2v) is 11.8. The number of nitrogens with zero attached hydrogens (tertiary/aromatic N) is 6. The fourth-order valence-corrected chi connectivity index (χ4v) is 6.74. The third kappa shape index (κ3) is 4.58. The van der Waals surface area contributed by atoms with E-state index in [1.807, 2.05) is 53.1 Å². The zero-order chi connectivity index (χ0) is 34.5. The number of para-hydroxylation sites is 1. The van der Waals surface area contributed by atoms with Gasteiger partial charge in [-0.15, -0.1) is 0 Å². The standard InChI is InChI=1S/C42H20N6O2/c1-46-32-18-27(24-45)17-31(19-32)29-11-13-38-36(21-29)35-20-28(30-15-25(22-43)14-26(16-30)23-44)10-12-37(35)48(38)39-9-5-8-34-40(39)42(50)47(41(34)49)33-6-3-2-4-7-33/h2-21H. The lowest BCUT2D eigenvalue weighted by Gasteiger charge is -2.14. The van der Waals surface area contributed by atoms with Crippen LogP contribution >= 0.6 is 0 Å². The Morgan fingerprint density at radius 2 is 1.14 bits per heavy atom. The van der Waals surface area contributed by atoms with E-state index in [2.05, 4.69) is 23.1 Å². The Labute approximate surface area is 285 Å². The lowest BCUT2D eigenvalue weighted by atomic mass is 9.97. The number of imide groups is 1. The summed E-state index contributed by atoms with van der Waals surface area (Å²) in [4.78, 5) is 32.5. The average molecular weight is 641 g/mol. The number of carbonyl (C=O) groups excluding carboxylic acids is 2. The van der Waals surface area contributed by atoms with Gasteiger partial charge in [-0.3, -0.25) is 9.59 Å². The van der Waals surface area contributed by atoms with Gasteiger partial charge in [0.2, 0.25) is 0 Å². The zero-order valence-electron chi connectivity index (χ0n) is 26.0. The second kappa shape index (κ2) is 11.5. The van der Waals surface area contributed by atoms with Gasteiger partial charge in [-0.05, 0) is 107 Å². The Morgan fingerprint density at radius 1 is 0.560 bits per heavy atom. The fraction of sp³-hybridized carbons (Fsp3) is 0. The molecule has 0 N–H and O–H groups in total. The molecule has 0 unspecified atom stereocenters. The number of anilines is 1. The van der Waals surface area contributed by atoms with Crippen LogP contribution in [0.4, 0.5) is 11.4 Å². The van der Waals surface area contributed by atoms with Gasteiger partial charge in [-0.1, -0.05) is 36.4 Å². The maximum Gasteiger partial charge on any atom is 0.268 e. The summed E-state index contributed by atoms with van der Waals surface area (Å²) in [5, 5.41) is 30.5. The molecule has 1 aliphatic heterocycles. The molecule has 0 bridgehead atoms. The van der Waals surface area contributed by atoms with Gasteiger partial charge in [-0.25, -0.2) is 9.74 Å². The molecule has 0 spiro atoms. The summed E-state index contributed by atoms with van der Waals surface area (Å²) >= 11 is 0. The molecule has 1 aliphatic rings. The van der Waals surface area contributed by atoms with Crippen molar-refractivity contribution in [1.82, 2.24) is 4.57 Å². The molecule has 2 amide bonds. The number of fused-ring (bicyclic) bond motifs is 4. The SMILES string of the molecule is [C-]#[N+]c1cc(C#N)cc(-c2ccc3c(c2)c2cc(-c4cc(C#N)cc(C#N)c4)ccc2n3-c2cccc3c2C(=O)N(c2ccccc2)C3=O)c1. The molecule has 0 atom stereocenters. The van der Waals surface area contributed by atoms with Crippen LogP contribution in [0.5, 0.6) is 0 Å². The third-order valence-electron chi connectivity index (χ3n) is 8.95.